The summed E-state index contributed by atoms with van der Waals surface area (Å²) >= 11 is 11.9. The van der Waals surface area contributed by atoms with Crippen molar-refractivity contribution in [2.45, 2.75) is 25.2 Å². The summed E-state index contributed by atoms with van der Waals surface area (Å²) in [6.07, 6.45) is -0.999. The maximum atomic E-state index is 12.3. The summed E-state index contributed by atoms with van der Waals surface area (Å²) < 4.78 is 12.3. The second-order valence-electron chi connectivity index (χ2n) is 6.13. The van der Waals surface area contributed by atoms with Gasteiger partial charge >= 0.3 is 0 Å². The van der Waals surface area contributed by atoms with Crippen molar-refractivity contribution in [3.05, 3.63) is 69.7 Å². The Balaban J connectivity index is 1.85. The first-order valence-corrected chi connectivity index (χ1v) is 10.8. The van der Waals surface area contributed by atoms with Crippen LogP contribution in [0, 0.1) is 0 Å². The molecule has 25 heavy (non-hydrogen) atoms. The maximum absolute atomic E-state index is 12.3. The minimum Gasteiger partial charge on any atom is -0.391 e. The fraction of sp³-hybridized carbons (Fsp3) is 0.333. The van der Waals surface area contributed by atoms with Crippen molar-refractivity contribution in [2.75, 3.05) is 12.7 Å². The molecule has 0 saturated carbocycles. The lowest BCUT2D eigenvalue weighted by Crippen LogP contribution is -2.31. The molecule has 1 unspecified atom stereocenters. The smallest absolute Gasteiger partial charge is 0.207 e. The van der Waals surface area contributed by atoms with Crippen LogP contribution in [0.1, 0.15) is 24.1 Å². The number of rotatable bonds is 8. The summed E-state index contributed by atoms with van der Waals surface area (Å²) in [5, 5.41) is 14.2. The number of benzene rings is 2. The van der Waals surface area contributed by atoms with Gasteiger partial charge in [-0.25, -0.2) is 0 Å². The highest BCUT2D eigenvalue weighted by atomic mass is 35.5. The van der Waals surface area contributed by atoms with E-state index >= 15 is 0 Å². The van der Waals surface area contributed by atoms with E-state index in [4.69, 9.17) is 23.2 Å². The third-order valence-corrected chi connectivity index (χ3v) is 6.46. The Morgan fingerprint density at radius 3 is 2.44 bits per heavy atom. The minimum atomic E-state index is -3.45. The summed E-state index contributed by atoms with van der Waals surface area (Å²) in [5.74, 6) is 0. The molecule has 2 rings (SSSR count). The van der Waals surface area contributed by atoms with Gasteiger partial charge in [-0.3, -0.25) is 4.57 Å². The molecule has 7 heteroatoms. The Hall–Kier alpha value is -0.870. The van der Waals surface area contributed by atoms with Gasteiger partial charge in [0.05, 0.1) is 22.3 Å². The molecular formula is C18H22Cl2NO3P. The molecule has 2 aromatic rings. The first kappa shape index (κ1) is 20.4. The van der Waals surface area contributed by atoms with E-state index in [-0.39, 0.29) is 24.9 Å². The fourth-order valence-corrected chi connectivity index (χ4v) is 4.54. The van der Waals surface area contributed by atoms with Gasteiger partial charge in [0, 0.05) is 18.7 Å². The molecule has 0 spiro atoms. The first-order chi connectivity index (χ1) is 11.8. The third kappa shape index (κ3) is 6.74. The van der Waals surface area contributed by atoms with Crippen LogP contribution in [-0.4, -0.2) is 28.8 Å². The lowest BCUT2D eigenvalue weighted by Gasteiger charge is -2.20. The van der Waals surface area contributed by atoms with Gasteiger partial charge in [-0.15, -0.1) is 0 Å². The normalized spacial score (nSPS) is 16.2. The van der Waals surface area contributed by atoms with Crippen LogP contribution in [0.2, 0.25) is 10.0 Å². The van der Waals surface area contributed by atoms with E-state index in [1.54, 1.807) is 24.3 Å². The summed E-state index contributed by atoms with van der Waals surface area (Å²) in [6.45, 7) is 2.13. The molecule has 0 aliphatic carbocycles. The molecule has 0 bridgehead atoms. The highest BCUT2D eigenvalue weighted by Gasteiger charge is 2.23. The highest BCUT2D eigenvalue weighted by molar-refractivity contribution is 7.57. The molecule has 3 atom stereocenters. The molecule has 4 nitrogen and oxygen atoms in total. The van der Waals surface area contributed by atoms with Crippen LogP contribution in [0.4, 0.5) is 0 Å². The Morgan fingerprint density at radius 1 is 1.12 bits per heavy atom. The number of nitrogens with one attached hydrogen (secondary N) is 1. The Bertz CT molecular complexity index is 742. The summed E-state index contributed by atoms with van der Waals surface area (Å²) in [7, 11) is -3.45. The molecule has 0 aliphatic rings. The zero-order valence-corrected chi connectivity index (χ0v) is 16.3. The highest BCUT2D eigenvalue weighted by Crippen LogP contribution is 2.44. The first-order valence-electron chi connectivity index (χ1n) is 7.98. The van der Waals surface area contributed by atoms with E-state index in [1.807, 2.05) is 31.2 Å². The molecule has 0 fully saturated rings. The van der Waals surface area contributed by atoms with Crippen molar-refractivity contribution >= 4 is 30.6 Å². The molecule has 0 radical (unpaired) electrons. The SMILES string of the molecule is C[C@@H](NC[C@@H](O)CP(=O)(O)Cc1ccccc1)c1ccc(Cl)c(Cl)c1. The lowest BCUT2D eigenvalue weighted by atomic mass is 10.1. The van der Waals surface area contributed by atoms with Crippen molar-refractivity contribution in [3.63, 3.8) is 0 Å². The summed E-state index contributed by atoms with van der Waals surface area (Å²) in [5.41, 5.74) is 1.72. The zero-order valence-electron chi connectivity index (χ0n) is 13.9. The minimum absolute atomic E-state index is 0.0627. The van der Waals surface area contributed by atoms with Crippen LogP contribution in [-0.2, 0) is 10.7 Å². The predicted octanol–water partition coefficient (Wildman–Crippen LogP) is 4.48. The lowest BCUT2D eigenvalue weighted by molar-refractivity contribution is 0.186. The van der Waals surface area contributed by atoms with Gasteiger partial charge in [0.1, 0.15) is 0 Å². The van der Waals surface area contributed by atoms with Gasteiger partial charge < -0.3 is 15.3 Å². The van der Waals surface area contributed by atoms with Crippen molar-refractivity contribution in [1.82, 2.24) is 5.32 Å². The maximum Gasteiger partial charge on any atom is 0.207 e. The van der Waals surface area contributed by atoms with Crippen LogP contribution >= 0.6 is 30.6 Å². The predicted molar refractivity (Wildman–Crippen MR) is 104 cm³/mol. The second kappa shape index (κ2) is 9.18. The largest absolute Gasteiger partial charge is 0.391 e. The number of halogens is 2. The molecular weight excluding hydrogens is 380 g/mol. The molecule has 0 saturated heterocycles. The van der Waals surface area contributed by atoms with Crippen molar-refractivity contribution in [2.24, 2.45) is 0 Å². The number of hydrogen-bond acceptors (Lipinski definition) is 3. The summed E-state index contributed by atoms with van der Waals surface area (Å²) in [6, 6.07) is 14.4. The number of aliphatic hydroxyl groups is 1. The average molecular weight is 402 g/mol. The van der Waals surface area contributed by atoms with E-state index in [0.29, 0.717) is 10.0 Å². The standard InChI is InChI=1S/C18H22Cl2NO3P/c1-13(15-7-8-17(19)18(20)9-15)21-10-16(22)12-25(23,24)11-14-5-3-2-4-6-14/h2-9,13,16,21-22H,10-12H2,1H3,(H,23,24)/t13-,16-/m1/s1. The van der Waals surface area contributed by atoms with E-state index in [0.717, 1.165) is 11.1 Å². The zero-order chi connectivity index (χ0) is 18.4. The van der Waals surface area contributed by atoms with E-state index in [9.17, 15) is 14.6 Å². The van der Waals surface area contributed by atoms with E-state index in [2.05, 4.69) is 5.32 Å². The van der Waals surface area contributed by atoms with Gasteiger partial charge in [-0.1, -0.05) is 59.6 Å². The Labute approximate surface area is 158 Å². The number of hydrogen-bond donors (Lipinski definition) is 3. The van der Waals surface area contributed by atoms with Gasteiger partial charge in [0.25, 0.3) is 0 Å². The van der Waals surface area contributed by atoms with Crippen LogP contribution in [0.25, 0.3) is 0 Å². The van der Waals surface area contributed by atoms with Crippen molar-refractivity contribution < 1.29 is 14.6 Å². The van der Waals surface area contributed by atoms with Gasteiger partial charge in [-0.05, 0) is 30.2 Å². The monoisotopic (exact) mass is 401 g/mol. The van der Waals surface area contributed by atoms with Gasteiger partial charge in [0.15, 0.2) is 0 Å². The van der Waals surface area contributed by atoms with Crippen LogP contribution < -0.4 is 5.32 Å². The molecule has 0 heterocycles. The fourth-order valence-electron chi connectivity index (χ4n) is 2.54. The molecule has 0 aromatic heterocycles. The Morgan fingerprint density at radius 2 is 1.80 bits per heavy atom. The van der Waals surface area contributed by atoms with Gasteiger partial charge in [0.2, 0.25) is 7.37 Å². The number of aliphatic hydroxyl groups excluding tert-OH is 1. The topological polar surface area (TPSA) is 69.6 Å². The quantitative estimate of drug-likeness (QED) is 0.570. The average Bonchev–Trinajstić information content (AvgIpc) is 2.55. The molecule has 0 aliphatic heterocycles. The molecule has 3 N–H and O–H groups in total. The van der Waals surface area contributed by atoms with Crippen LogP contribution in [0.3, 0.4) is 0 Å². The van der Waals surface area contributed by atoms with Gasteiger partial charge in [-0.2, -0.15) is 0 Å². The van der Waals surface area contributed by atoms with E-state index in [1.165, 1.54) is 0 Å². The van der Waals surface area contributed by atoms with E-state index < -0.39 is 13.5 Å². The van der Waals surface area contributed by atoms with Crippen LogP contribution in [0.15, 0.2) is 48.5 Å². The van der Waals surface area contributed by atoms with Crippen molar-refractivity contribution in [1.29, 1.82) is 0 Å². The third-order valence-electron chi connectivity index (χ3n) is 3.87. The molecule has 0 amide bonds. The molecule has 136 valence electrons. The second-order valence-corrected chi connectivity index (χ2v) is 9.32. The molecule has 2 aromatic carbocycles. The summed E-state index contributed by atoms with van der Waals surface area (Å²) in [4.78, 5) is 10.1. The van der Waals surface area contributed by atoms with Crippen molar-refractivity contribution in [3.8, 4) is 0 Å². The van der Waals surface area contributed by atoms with Crippen LogP contribution in [0.5, 0.6) is 0 Å². The Kier molecular flexibility index (Phi) is 7.51.